The average Bonchev–Trinajstić information content (AvgIpc) is 3.40. The summed E-state index contributed by atoms with van der Waals surface area (Å²) in [5, 5.41) is 13.3. The van der Waals surface area contributed by atoms with E-state index in [1.165, 1.54) is 11.3 Å². The Labute approximate surface area is 190 Å². The lowest BCUT2D eigenvalue weighted by molar-refractivity contribution is 0.0625. The number of nitrogens with one attached hydrogen (secondary N) is 3. The van der Waals surface area contributed by atoms with Crippen LogP contribution in [0.3, 0.4) is 0 Å². The molecule has 5 rings (SSSR count). The summed E-state index contributed by atoms with van der Waals surface area (Å²) in [6, 6.07) is 5.66. The zero-order valence-corrected chi connectivity index (χ0v) is 19.4. The molecule has 3 heterocycles. The number of aromatic amines is 1. The maximum absolute atomic E-state index is 13.5. The van der Waals surface area contributed by atoms with Crippen molar-refractivity contribution in [1.29, 1.82) is 0 Å². The van der Waals surface area contributed by atoms with Crippen LogP contribution in [0.2, 0.25) is 0 Å². The molecule has 0 bridgehead atoms. The van der Waals surface area contributed by atoms with Crippen molar-refractivity contribution in [2.45, 2.75) is 59.0 Å². The standard InChI is InChI=1S/C23H26N6O2S/c1-11-7-5-8-12(2)29(11)28-23(31)25-16-10-6-9-15-17(16)21(30)18-19(15)26-27-20(18)22-13(3)24-14(4)32-22/h6,9-12H,5,7-8H2,1-4H3,(H,26,27)(H2,25,28,31). The van der Waals surface area contributed by atoms with Crippen LogP contribution in [0.15, 0.2) is 18.2 Å². The van der Waals surface area contributed by atoms with Crippen molar-refractivity contribution >= 4 is 28.8 Å². The Morgan fingerprint density at radius 2 is 1.94 bits per heavy atom. The minimum absolute atomic E-state index is 0.139. The van der Waals surface area contributed by atoms with Gasteiger partial charge in [-0.15, -0.1) is 11.3 Å². The molecule has 0 spiro atoms. The number of nitrogens with zero attached hydrogens (tertiary/aromatic N) is 3. The number of rotatable bonds is 3. The minimum atomic E-state index is -0.341. The van der Waals surface area contributed by atoms with Crippen molar-refractivity contribution in [3.8, 4) is 21.8 Å². The third-order valence-electron chi connectivity index (χ3n) is 6.34. The number of amides is 2. The van der Waals surface area contributed by atoms with Crippen LogP contribution in [0.5, 0.6) is 0 Å². The van der Waals surface area contributed by atoms with Gasteiger partial charge in [-0.3, -0.25) is 15.3 Å². The number of ketones is 1. The molecule has 1 aliphatic heterocycles. The second kappa shape index (κ2) is 7.83. The summed E-state index contributed by atoms with van der Waals surface area (Å²) < 4.78 is 0. The molecule has 2 amide bonds. The van der Waals surface area contributed by atoms with E-state index in [2.05, 4.69) is 39.8 Å². The number of hydrazine groups is 1. The second-order valence-electron chi connectivity index (χ2n) is 8.63. The van der Waals surface area contributed by atoms with E-state index in [4.69, 9.17) is 0 Å². The van der Waals surface area contributed by atoms with Gasteiger partial charge in [0.2, 0.25) is 0 Å². The number of piperidine rings is 1. The third-order valence-corrected chi connectivity index (χ3v) is 7.43. The summed E-state index contributed by atoms with van der Waals surface area (Å²) in [6.45, 7) is 8.10. The molecular formula is C23H26N6O2S. The molecule has 2 aromatic heterocycles. The second-order valence-corrected chi connectivity index (χ2v) is 9.83. The fraction of sp³-hybridized carbons (Fsp3) is 0.391. The number of aromatic nitrogens is 3. The summed E-state index contributed by atoms with van der Waals surface area (Å²) >= 11 is 1.53. The maximum atomic E-state index is 13.5. The number of thiazole rings is 1. The van der Waals surface area contributed by atoms with Gasteiger partial charge in [0.25, 0.3) is 0 Å². The first kappa shape index (κ1) is 20.8. The molecule has 2 unspecified atom stereocenters. The highest BCUT2D eigenvalue weighted by atomic mass is 32.1. The van der Waals surface area contributed by atoms with Gasteiger partial charge in [0.15, 0.2) is 5.78 Å². The normalized spacial score (nSPS) is 20.2. The van der Waals surface area contributed by atoms with Crippen LogP contribution in [-0.4, -0.2) is 44.1 Å². The molecular weight excluding hydrogens is 424 g/mol. The van der Waals surface area contributed by atoms with E-state index in [-0.39, 0.29) is 23.9 Å². The molecule has 32 heavy (non-hydrogen) atoms. The molecule has 0 saturated carbocycles. The summed E-state index contributed by atoms with van der Waals surface area (Å²) in [5.41, 5.74) is 7.39. The molecule has 3 aromatic rings. The summed E-state index contributed by atoms with van der Waals surface area (Å²) in [4.78, 5) is 31.7. The van der Waals surface area contributed by atoms with Crippen LogP contribution < -0.4 is 10.7 Å². The highest BCUT2D eigenvalue weighted by Crippen LogP contribution is 2.44. The zero-order chi connectivity index (χ0) is 22.6. The van der Waals surface area contributed by atoms with Crippen LogP contribution in [0, 0.1) is 13.8 Å². The third kappa shape index (κ3) is 3.32. The van der Waals surface area contributed by atoms with E-state index in [1.54, 1.807) is 6.07 Å². The molecule has 1 saturated heterocycles. The van der Waals surface area contributed by atoms with E-state index < -0.39 is 0 Å². The molecule has 2 aliphatic rings. The van der Waals surface area contributed by atoms with Crippen molar-refractivity contribution in [3.05, 3.63) is 40.0 Å². The van der Waals surface area contributed by atoms with Gasteiger partial charge in [-0.1, -0.05) is 18.6 Å². The largest absolute Gasteiger partial charge is 0.333 e. The smallest absolute Gasteiger partial charge is 0.306 e. The average molecular weight is 451 g/mol. The maximum Gasteiger partial charge on any atom is 0.333 e. The van der Waals surface area contributed by atoms with Crippen LogP contribution in [-0.2, 0) is 0 Å². The molecule has 1 aromatic carbocycles. The predicted octanol–water partition coefficient (Wildman–Crippen LogP) is 4.66. The molecule has 166 valence electrons. The quantitative estimate of drug-likeness (QED) is 0.421. The van der Waals surface area contributed by atoms with Crippen LogP contribution in [0.4, 0.5) is 10.5 Å². The number of carbonyl (C=O) groups excluding carboxylic acids is 2. The number of aryl methyl sites for hydroxylation is 2. The number of urea groups is 1. The van der Waals surface area contributed by atoms with E-state index >= 15 is 0 Å². The Morgan fingerprint density at radius 1 is 1.19 bits per heavy atom. The minimum Gasteiger partial charge on any atom is -0.306 e. The van der Waals surface area contributed by atoms with Crippen molar-refractivity contribution in [1.82, 2.24) is 25.6 Å². The van der Waals surface area contributed by atoms with Gasteiger partial charge < -0.3 is 5.32 Å². The first-order valence-electron chi connectivity index (χ1n) is 10.9. The van der Waals surface area contributed by atoms with E-state index in [1.807, 2.05) is 31.0 Å². The number of carbonyl (C=O) groups is 2. The highest BCUT2D eigenvalue weighted by Gasteiger charge is 2.36. The molecule has 2 atom stereocenters. The van der Waals surface area contributed by atoms with Gasteiger partial charge in [-0.05, 0) is 46.6 Å². The number of hydrogen-bond donors (Lipinski definition) is 3. The van der Waals surface area contributed by atoms with Crippen molar-refractivity contribution in [3.63, 3.8) is 0 Å². The summed E-state index contributed by atoms with van der Waals surface area (Å²) in [5.74, 6) is -0.139. The number of hydrogen-bond acceptors (Lipinski definition) is 6. The van der Waals surface area contributed by atoms with Gasteiger partial charge in [0, 0.05) is 17.6 Å². The number of fused-ring (bicyclic) bond motifs is 3. The van der Waals surface area contributed by atoms with E-state index in [9.17, 15) is 9.59 Å². The molecule has 9 heteroatoms. The van der Waals surface area contributed by atoms with Crippen molar-refractivity contribution in [2.75, 3.05) is 5.32 Å². The molecule has 8 nitrogen and oxygen atoms in total. The molecule has 1 aliphatic carbocycles. The lowest BCUT2D eigenvalue weighted by Gasteiger charge is -2.38. The summed E-state index contributed by atoms with van der Waals surface area (Å²) in [6.07, 6.45) is 3.25. The Kier molecular flexibility index (Phi) is 5.10. The Hall–Kier alpha value is -3.04. The van der Waals surface area contributed by atoms with Gasteiger partial charge in [0.1, 0.15) is 5.69 Å². The van der Waals surface area contributed by atoms with Crippen LogP contribution in [0.25, 0.3) is 21.8 Å². The van der Waals surface area contributed by atoms with Gasteiger partial charge >= 0.3 is 6.03 Å². The van der Waals surface area contributed by atoms with Crippen molar-refractivity contribution in [2.24, 2.45) is 0 Å². The van der Waals surface area contributed by atoms with Gasteiger partial charge in [0.05, 0.1) is 38.1 Å². The number of H-pyrrole nitrogens is 1. The van der Waals surface area contributed by atoms with Crippen molar-refractivity contribution < 1.29 is 9.59 Å². The SMILES string of the molecule is Cc1nc(C)c(-c2[nH]nc3c2C(=O)c2c(NC(=O)NN4C(C)CCCC4C)cccc2-3)s1. The first-order chi connectivity index (χ1) is 15.3. The predicted molar refractivity (Wildman–Crippen MR) is 125 cm³/mol. The molecule has 0 radical (unpaired) electrons. The first-order valence-corrected chi connectivity index (χ1v) is 11.7. The van der Waals surface area contributed by atoms with Gasteiger partial charge in [-0.25, -0.2) is 14.8 Å². The van der Waals surface area contributed by atoms with E-state index in [0.29, 0.717) is 28.2 Å². The zero-order valence-electron chi connectivity index (χ0n) is 18.6. The number of benzene rings is 1. The van der Waals surface area contributed by atoms with Gasteiger partial charge in [-0.2, -0.15) is 5.10 Å². The summed E-state index contributed by atoms with van der Waals surface area (Å²) in [7, 11) is 0. The lowest BCUT2D eigenvalue weighted by atomic mass is 10.00. The monoisotopic (exact) mass is 450 g/mol. The van der Waals surface area contributed by atoms with Crippen LogP contribution >= 0.6 is 11.3 Å². The highest BCUT2D eigenvalue weighted by molar-refractivity contribution is 7.15. The molecule has 1 fully saturated rings. The Balaban J connectivity index is 1.44. The topological polar surface area (TPSA) is 103 Å². The molecule has 3 N–H and O–H groups in total. The fourth-order valence-electron chi connectivity index (χ4n) is 4.82. The van der Waals surface area contributed by atoms with E-state index in [0.717, 1.165) is 40.4 Å². The Bertz CT molecular complexity index is 1220. The fourth-order valence-corrected chi connectivity index (χ4v) is 5.74. The number of anilines is 1. The Morgan fingerprint density at radius 3 is 2.62 bits per heavy atom. The van der Waals surface area contributed by atoms with Crippen LogP contribution in [0.1, 0.15) is 59.7 Å². The lowest BCUT2D eigenvalue weighted by Crippen LogP contribution is -2.55.